The van der Waals surface area contributed by atoms with Gasteiger partial charge >= 0.3 is 0 Å². The summed E-state index contributed by atoms with van der Waals surface area (Å²) in [7, 11) is 0. The number of morpholine rings is 1. The molecule has 1 atom stereocenters. The highest BCUT2D eigenvalue weighted by Gasteiger charge is 2.20. The highest BCUT2D eigenvalue weighted by atomic mass is 35.5. The van der Waals surface area contributed by atoms with E-state index in [9.17, 15) is 4.79 Å². The van der Waals surface area contributed by atoms with Gasteiger partial charge in [-0.1, -0.05) is 0 Å². The van der Waals surface area contributed by atoms with Crippen LogP contribution in [0.1, 0.15) is 19.8 Å². The van der Waals surface area contributed by atoms with Crippen molar-refractivity contribution >= 4 is 18.3 Å². The maximum Gasteiger partial charge on any atom is 0.239 e. The van der Waals surface area contributed by atoms with Gasteiger partial charge in [-0.25, -0.2) is 0 Å². The Kier molecular flexibility index (Phi) is 10.5. The fraction of sp³-hybridized carbons (Fsp3) is 0.909. The molecule has 6 heteroatoms. The number of halogens is 1. The SMILES string of the molecule is CCOCCCCNC(=O)C1COCCN1.Cl. The van der Waals surface area contributed by atoms with Gasteiger partial charge in [0.15, 0.2) is 0 Å². The van der Waals surface area contributed by atoms with Crippen LogP contribution in [0.2, 0.25) is 0 Å². The number of carbonyl (C=O) groups is 1. The summed E-state index contributed by atoms with van der Waals surface area (Å²) < 4.78 is 10.4. The molecule has 0 aliphatic carbocycles. The molecule has 5 nitrogen and oxygen atoms in total. The first-order valence-corrected chi connectivity index (χ1v) is 6.01. The lowest BCUT2D eigenvalue weighted by atomic mass is 10.2. The van der Waals surface area contributed by atoms with Gasteiger partial charge in [0, 0.05) is 26.3 Å². The lowest BCUT2D eigenvalue weighted by Gasteiger charge is -2.22. The molecule has 1 fully saturated rings. The lowest BCUT2D eigenvalue weighted by molar-refractivity contribution is -0.125. The van der Waals surface area contributed by atoms with Crippen LogP contribution < -0.4 is 10.6 Å². The van der Waals surface area contributed by atoms with E-state index < -0.39 is 0 Å². The summed E-state index contributed by atoms with van der Waals surface area (Å²) in [5.41, 5.74) is 0. The van der Waals surface area contributed by atoms with E-state index in [0.717, 1.165) is 32.6 Å². The number of unbranched alkanes of at least 4 members (excludes halogenated alkanes) is 1. The van der Waals surface area contributed by atoms with Crippen LogP contribution in [0.25, 0.3) is 0 Å². The smallest absolute Gasteiger partial charge is 0.239 e. The molecule has 0 radical (unpaired) electrons. The maximum absolute atomic E-state index is 11.6. The minimum atomic E-state index is -0.180. The summed E-state index contributed by atoms with van der Waals surface area (Å²) in [5.74, 6) is 0.0381. The number of carbonyl (C=O) groups excluding carboxylic acids is 1. The predicted molar refractivity (Wildman–Crippen MR) is 68.6 cm³/mol. The molecule has 1 amide bonds. The van der Waals surface area contributed by atoms with Gasteiger partial charge in [-0.2, -0.15) is 0 Å². The number of hydrogen-bond donors (Lipinski definition) is 2. The van der Waals surface area contributed by atoms with Crippen molar-refractivity contribution in [3.8, 4) is 0 Å². The second-order valence-electron chi connectivity index (χ2n) is 3.78. The van der Waals surface area contributed by atoms with Crippen LogP contribution in [-0.2, 0) is 14.3 Å². The molecule has 1 aliphatic rings. The van der Waals surface area contributed by atoms with E-state index in [-0.39, 0.29) is 24.4 Å². The lowest BCUT2D eigenvalue weighted by Crippen LogP contribution is -2.51. The third kappa shape index (κ3) is 7.54. The van der Waals surface area contributed by atoms with Gasteiger partial charge in [-0.15, -0.1) is 12.4 Å². The Hall–Kier alpha value is -0.360. The molecule has 0 spiro atoms. The van der Waals surface area contributed by atoms with Crippen molar-refractivity contribution in [3.05, 3.63) is 0 Å². The monoisotopic (exact) mass is 266 g/mol. The summed E-state index contributed by atoms with van der Waals surface area (Å²) in [4.78, 5) is 11.6. The van der Waals surface area contributed by atoms with Crippen molar-refractivity contribution in [1.29, 1.82) is 0 Å². The molecule has 0 saturated carbocycles. The van der Waals surface area contributed by atoms with Gasteiger partial charge in [0.05, 0.1) is 13.2 Å². The van der Waals surface area contributed by atoms with Crippen LogP contribution in [-0.4, -0.2) is 51.5 Å². The Balaban J connectivity index is 0.00000256. The summed E-state index contributed by atoms with van der Waals surface area (Å²) in [6, 6.07) is -0.180. The van der Waals surface area contributed by atoms with Gasteiger partial charge in [-0.3, -0.25) is 4.79 Å². The van der Waals surface area contributed by atoms with Crippen LogP contribution >= 0.6 is 12.4 Å². The highest BCUT2D eigenvalue weighted by molar-refractivity contribution is 5.85. The van der Waals surface area contributed by atoms with E-state index in [2.05, 4.69) is 10.6 Å². The van der Waals surface area contributed by atoms with Crippen molar-refractivity contribution in [3.63, 3.8) is 0 Å². The largest absolute Gasteiger partial charge is 0.382 e. The average Bonchev–Trinajstić information content (AvgIpc) is 2.34. The zero-order chi connectivity index (χ0) is 11.6. The Morgan fingerprint density at radius 1 is 1.53 bits per heavy atom. The first-order chi connectivity index (χ1) is 7.84. The summed E-state index contributed by atoms with van der Waals surface area (Å²) in [6.07, 6.45) is 1.95. The molecule has 1 saturated heterocycles. The fourth-order valence-corrected chi connectivity index (χ4v) is 1.54. The molecule has 2 N–H and O–H groups in total. The molecule has 1 rings (SSSR count). The molecule has 0 aromatic heterocycles. The Morgan fingerprint density at radius 3 is 3.00 bits per heavy atom. The number of ether oxygens (including phenoxy) is 2. The van der Waals surface area contributed by atoms with Crippen LogP contribution in [0.4, 0.5) is 0 Å². The van der Waals surface area contributed by atoms with Gasteiger partial charge < -0.3 is 20.1 Å². The topological polar surface area (TPSA) is 59.6 Å². The van der Waals surface area contributed by atoms with Crippen LogP contribution in [0.3, 0.4) is 0 Å². The molecular weight excluding hydrogens is 244 g/mol. The molecule has 0 aromatic carbocycles. The fourth-order valence-electron chi connectivity index (χ4n) is 1.54. The molecule has 1 heterocycles. The normalized spacial score (nSPS) is 19.5. The Bertz CT molecular complexity index is 199. The number of rotatable bonds is 7. The molecule has 102 valence electrons. The zero-order valence-corrected chi connectivity index (χ0v) is 11.2. The zero-order valence-electron chi connectivity index (χ0n) is 10.4. The Labute approximate surface area is 109 Å². The number of nitrogens with one attached hydrogen (secondary N) is 2. The third-order valence-electron chi connectivity index (χ3n) is 2.46. The minimum absolute atomic E-state index is 0. The quantitative estimate of drug-likeness (QED) is 0.652. The first kappa shape index (κ1) is 16.6. The summed E-state index contributed by atoms with van der Waals surface area (Å²) >= 11 is 0. The van der Waals surface area contributed by atoms with Crippen LogP contribution in [0, 0.1) is 0 Å². The Morgan fingerprint density at radius 2 is 2.35 bits per heavy atom. The predicted octanol–water partition coefficient (Wildman–Crippen LogP) is 0.330. The molecule has 17 heavy (non-hydrogen) atoms. The maximum atomic E-state index is 11.6. The van der Waals surface area contributed by atoms with Crippen molar-refractivity contribution < 1.29 is 14.3 Å². The minimum Gasteiger partial charge on any atom is -0.382 e. The third-order valence-corrected chi connectivity index (χ3v) is 2.46. The first-order valence-electron chi connectivity index (χ1n) is 6.01. The molecule has 0 aromatic rings. The average molecular weight is 267 g/mol. The van der Waals surface area contributed by atoms with Gasteiger partial charge in [0.25, 0.3) is 0 Å². The summed E-state index contributed by atoms with van der Waals surface area (Å²) in [5, 5.41) is 6.01. The second kappa shape index (κ2) is 10.8. The second-order valence-corrected chi connectivity index (χ2v) is 3.78. The van der Waals surface area contributed by atoms with E-state index in [4.69, 9.17) is 9.47 Å². The number of hydrogen-bond acceptors (Lipinski definition) is 4. The van der Waals surface area contributed by atoms with Gasteiger partial charge in [0.1, 0.15) is 6.04 Å². The van der Waals surface area contributed by atoms with Gasteiger partial charge in [0.2, 0.25) is 5.91 Å². The van der Waals surface area contributed by atoms with E-state index in [1.54, 1.807) is 0 Å². The van der Waals surface area contributed by atoms with E-state index >= 15 is 0 Å². The van der Waals surface area contributed by atoms with E-state index in [1.807, 2.05) is 6.92 Å². The number of amides is 1. The summed E-state index contributed by atoms with van der Waals surface area (Å²) in [6.45, 7) is 6.15. The van der Waals surface area contributed by atoms with Crippen molar-refractivity contribution in [2.45, 2.75) is 25.8 Å². The van der Waals surface area contributed by atoms with E-state index in [1.165, 1.54) is 0 Å². The van der Waals surface area contributed by atoms with Crippen LogP contribution in [0.15, 0.2) is 0 Å². The van der Waals surface area contributed by atoms with Crippen molar-refractivity contribution in [2.24, 2.45) is 0 Å². The van der Waals surface area contributed by atoms with Crippen molar-refractivity contribution in [1.82, 2.24) is 10.6 Å². The molecule has 1 unspecified atom stereocenters. The molecule has 0 bridgehead atoms. The molecular formula is C11H23ClN2O3. The highest BCUT2D eigenvalue weighted by Crippen LogP contribution is 1.94. The van der Waals surface area contributed by atoms with E-state index in [0.29, 0.717) is 19.8 Å². The van der Waals surface area contributed by atoms with Crippen molar-refractivity contribution in [2.75, 3.05) is 39.5 Å². The van der Waals surface area contributed by atoms with Gasteiger partial charge in [-0.05, 0) is 19.8 Å². The molecule has 1 aliphatic heterocycles. The standard InChI is InChI=1S/C11H22N2O3.ClH/c1-2-15-7-4-3-5-13-11(14)10-9-16-8-6-12-10;/h10,12H,2-9H2,1H3,(H,13,14);1H. The van der Waals surface area contributed by atoms with Crippen LogP contribution in [0.5, 0.6) is 0 Å².